The number of likely N-dealkylation sites (tertiary alicyclic amines) is 1. The Morgan fingerprint density at radius 2 is 1.79 bits per heavy atom. The van der Waals surface area contributed by atoms with Crippen molar-refractivity contribution in [3.05, 3.63) is 84.3 Å². The van der Waals surface area contributed by atoms with Gasteiger partial charge in [-0.3, -0.25) is 4.98 Å². The molecule has 7 nitrogen and oxygen atoms in total. The molecule has 2 aromatic heterocycles. The third-order valence-electron chi connectivity index (χ3n) is 6.07. The number of anilines is 1. The second kappa shape index (κ2) is 9.83. The molecule has 0 saturated carbocycles. The van der Waals surface area contributed by atoms with E-state index in [0.717, 1.165) is 41.1 Å². The van der Waals surface area contributed by atoms with Crippen LogP contribution in [0, 0.1) is 0 Å². The quantitative estimate of drug-likeness (QED) is 0.447. The number of para-hydroxylation sites is 1. The molecule has 168 valence electrons. The number of rotatable bonds is 7. The number of carbonyl (C=O) groups is 1. The average Bonchev–Trinajstić information content (AvgIpc) is 3.51. The first-order chi connectivity index (χ1) is 16.3. The molecule has 3 heterocycles. The van der Waals surface area contributed by atoms with Gasteiger partial charge in [-0.15, -0.1) is 0 Å². The summed E-state index contributed by atoms with van der Waals surface area (Å²) in [7, 11) is 0. The molecular weight excluding hydrogens is 412 g/mol. The maximum atomic E-state index is 12.2. The van der Waals surface area contributed by atoms with Gasteiger partial charge in [0.15, 0.2) is 0 Å². The molecule has 0 spiro atoms. The van der Waals surface area contributed by atoms with Crippen LogP contribution in [0.2, 0.25) is 0 Å². The monoisotopic (exact) mass is 440 g/mol. The molecule has 2 N–H and O–H groups in total. The Labute approximate surface area is 193 Å². The molecule has 2 amide bonds. The number of benzene rings is 2. The van der Waals surface area contributed by atoms with Gasteiger partial charge in [0.25, 0.3) is 0 Å². The summed E-state index contributed by atoms with van der Waals surface area (Å²) in [6, 6.07) is 19.7. The van der Waals surface area contributed by atoms with Crippen molar-refractivity contribution in [1.82, 2.24) is 25.0 Å². The zero-order valence-corrected chi connectivity index (χ0v) is 18.6. The van der Waals surface area contributed by atoms with Crippen LogP contribution in [0.5, 0.6) is 0 Å². The predicted octanol–water partition coefficient (Wildman–Crippen LogP) is 4.38. The van der Waals surface area contributed by atoms with Crippen molar-refractivity contribution in [3.8, 4) is 5.69 Å². The van der Waals surface area contributed by atoms with E-state index in [1.54, 1.807) is 12.4 Å². The minimum atomic E-state index is -0.250. The van der Waals surface area contributed by atoms with E-state index in [9.17, 15) is 4.79 Å². The Bertz CT molecular complexity index is 1210. The molecule has 7 heteroatoms. The average molecular weight is 441 g/mol. The van der Waals surface area contributed by atoms with Gasteiger partial charge in [-0.25, -0.2) is 9.48 Å². The zero-order valence-electron chi connectivity index (χ0n) is 18.6. The molecule has 0 aliphatic carbocycles. The summed E-state index contributed by atoms with van der Waals surface area (Å²) < 4.78 is 2.00. The second-order valence-corrected chi connectivity index (χ2v) is 8.39. The molecule has 1 fully saturated rings. The number of amides is 2. The smallest absolute Gasteiger partial charge is 0.319 e. The maximum Gasteiger partial charge on any atom is 0.319 e. The number of aromatic nitrogens is 3. The number of fused-ring (bicyclic) bond motifs is 1. The molecule has 2 aromatic carbocycles. The van der Waals surface area contributed by atoms with E-state index in [0.29, 0.717) is 6.54 Å². The maximum absolute atomic E-state index is 12.2. The van der Waals surface area contributed by atoms with Gasteiger partial charge in [-0.05, 0) is 67.9 Å². The second-order valence-electron chi connectivity index (χ2n) is 8.39. The number of nitrogens with zero attached hydrogens (tertiary/aromatic N) is 4. The molecule has 33 heavy (non-hydrogen) atoms. The molecule has 0 bridgehead atoms. The van der Waals surface area contributed by atoms with Gasteiger partial charge in [-0.1, -0.05) is 24.3 Å². The van der Waals surface area contributed by atoms with Gasteiger partial charge in [0.05, 0.1) is 16.9 Å². The van der Waals surface area contributed by atoms with Crippen molar-refractivity contribution < 1.29 is 4.79 Å². The summed E-state index contributed by atoms with van der Waals surface area (Å²) in [5.41, 5.74) is 4.89. The Kier molecular flexibility index (Phi) is 6.30. The molecule has 1 aliphatic heterocycles. The fraction of sp³-hybridized carbons (Fsp3) is 0.269. The minimum Gasteiger partial charge on any atom is -0.334 e. The van der Waals surface area contributed by atoms with Crippen LogP contribution in [0.3, 0.4) is 0 Å². The largest absolute Gasteiger partial charge is 0.334 e. The van der Waals surface area contributed by atoms with Crippen LogP contribution in [-0.2, 0) is 13.0 Å². The first kappa shape index (κ1) is 21.2. The SMILES string of the molecule is O=C(NCc1cccnc1)Nc1ccc(-n2nc(CCN3CCCC3)c3ccccc32)cc1. The number of urea groups is 1. The number of hydrogen-bond acceptors (Lipinski definition) is 4. The molecule has 1 aliphatic rings. The van der Waals surface area contributed by atoms with Gasteiger partial charge in [0, 0.05) is 43.0 Å². The summed E-state index contributed by atoms with van der Waals surface area (Å²) in [5.74, 6) is 0. The molecule has 1 saturated heterocycles. The fourth-order valence-electron chi connectivity index (χ4n) is 4.33. The van der Waals surface area contributed by atoms with E-state index in [4.69, 9.17) is 5.10 Å². The predicted molar refractivity (Wildman–Crippen MR) is 131 cm³/mol. The van der Waals surface area contributed by atoms with Crippen molar-refractivity contribution in [2.24, 2.45) is 0 Å². The lowest BCUT2D eigenvalue weighted by molar-refractivity contribution is 0.251. The van der Waals surface area contributed by atoms with Crippen molar-refractivity contribution in [1.29, 1.82) is 0 Å². The molecule has 0 atom stereocenters. The Morgan fingerprint density at radius 3 is 2.58 bits per heavy atom. The summed E-state index contributed by atoms with van der Waals surface area (Å²) in [4.78, 5) is 18.8. The third kappa shape index (κ3) is 5.04. The van der Waals surface area contributed by atoms with Crippen LogP contribution < -0.4 is 10.6 Å². The Hall–Kier alpha value is -3.71. The summed E-state index contributed by atoms with van der Waals surface area (Å²) in [5, 5.41) is 11.9. The van der Waals surface area contributed by atoms with E-state index in [1.807, 2.05) is 47.1 Å². The van der Waals surface area contributed by atoms with Crippen molar-refractivity contribution >= 4 is 22.6 Å². The zero-order chi connectivity index (χ0) is 22.5. The Morgan fingerprint density at radius 1 is 0.970 bits per heavy atom. The summed E-state index contributed by atoms with van der Waals surface area (Å²) in [6.45, 7) is 3.88. The van der Waals surface area contributed by atoms with Crippen LogP contribution in [0.25, 0.3) is 16.6 Å². The number of pyridine rings is 1. The highest BCUT2D eigenvalue weighted by Gasteiger charge is 2.15. The van der Waals surface area contributed by atoms with Gasteiger partial charge in [0.1, 0.15) is 0 Å². The lowest BCUT2D eigenvalue weighted by Crippen LogP contribution is -2.28. The van der Waals surface area contributed by atoms with Crippen molar-refractivity contribution in [3.63, 3.8) is 0 Å². The molecule has 4 aromatic rings. The minimum absolute atomic E-state index is 0.250. The van der Waals surface area contributed by atoms with E-state index in [-0.39, 0.29) is 6.03 Å². The van der Waals surface area contributed by atoms with E-state index in [1.165, 1.54) is 31.3 Å². The highest BCUT2D eigenvalue weighted by atomic mass is 16.2. The normalized spacial score (nSPS) is 13.9. The number of hydrogen-bond donors (Lipinski definition) is 2. The summed E-state index contributed by atoms with van der Waals surface area (Å²) >= 11 is 0. The van der Waals surface area contributed by atoms with Crippen LogP contribution in [0.1, 0.15) is 24.1 Å². The highest BCUT2D eigenvalue weighted by molar-refractivity contribution is 5.89. The van der Waals surface area contributed by atoms with Crippen LogP contribution in [-0.4, -0.2) is 45.3 Å². The van der Waals surface area contributed by atoms with Crippen molar-refractivity contribution in [2.75, 3.05) is 25.0 Å². The number of carbonyl (C=O) groups excluding carboxylic acids is 1. The van der Waals surface area contributed by atoms with Crippen LogP contribution in [0.15, 0.2) is 73.1 Å². The van der Waals surface area contributed by atoms with Gasteiger partial charge in [-0.2, -0.15) is 5.10 Å². The van der Waals surface area contributed by atoms with E-state index < -0.39 is 0 Å². The van der Waals surface area contributed by atoms with Crippen LogP contribution >= 0.6 is 0 Å². The van der Waals surface area contributed by atoms with Gasteiger partial charge < -0.3 is 15.5 Å². The molecule has 0 radical (unpaired) electrons. The molecular formula is C26H28N6O. The van der Waals surface area contributed by atoms with E-state index >= 15 is 0 Å². The van der Waals surface area contributed by atoms with Crippen molar-refractivity contribution in [2.45, 2.75) is 25.8 Å². The highest BCUT2D eigenvalue weighted by Crippen LogP contribution is 2.24. The third-order valence-corrected chi connectivity index (χ3v) is 6.07. The van der Waals surface area contributed by atoms with Crippen LogP contribution in [0.4, 0.5) is 10.5 Å². The lowest BCUT2D eigenvalue weighted by atomic mass is 10.1. The fourth-order valence-corrected chi connectivity index (χ4v) is 4.33. The molecule has 0 unspecified atom stereocenters. The topological polar surface area (TPSA) is 75.1 Å². The standard InChI is InChI=1S/C26H28N6O/c33-26(28-19-20-6-5-14-27-18-20)29-21-9-11-22(12-10-21)32-25-8-2-1-7-23(25)24(30-32)13-17-31-15-3-4-16-31/h1-2,5-12,14,18H,3-4,13,15-17,19H2,(H2,28,29,33). The Balaban J connectivity index is 1.27. The van der Waals surface area contributed by atoms with Gasteiger partial charge >= 0.3 is 6.03 Å². The number of nitrogens with one attached hydrogen (secondary N) is 2. The summed E-state index contributed by atoms with van der Waals surface area (Å²) in [6.07, 6.45) is 7.01. The molecule has 5 rings (SSSR count). The first-order valence-electron chi connectivity index (χ1n) is 11.5. The first-order valence-corrected chi connectivity index (χ1v) is 11.5. The lowest BCUT2D eigenvalue weighted by Gasteiger charge is -2.13. The van der Waals surface area contributed by atoms with Gasteiger partial charge in [0.2, 0.25) is 0 Å². The van der Waals surface area contributed by atoms with E-state index in [2.05, 4.69) is 38.7 Å².